The summed E-state index contributed by atoms with van der Waals surface area (Å²) < 4.78 is 10.7. The van der Waals surface area contributed by atoms with Crippen molar-refractivity contribution in [1.29, 1.82) is 0 Å². The Morgan fingerprint density at radius 3 is 2.64 bits per heavy atom. The summed E-state index contributed by atoms with van der Waals surface area (Å²) in [6, 6.07) is 19.9. The first-order valence-electron chi connectivity index (χ1n) is 8.65. The van der Waals surface area contributed by atoms with E-state index in [9.17, 15) is 9.59 Å². The van der Waals surface area contributed by atoms with Crippen LogP contribution in [0, 0.1) is 0 Å². The van der Waals surface area contributed by atoms with Crippen LogP contribution in [0.1, 0.15) is 11.1 Å². The summed E-state index contributed by atoms with van der Waals surface area (Å²) in [5, 5.41) is 3.35. The van der Waals surface area contributed by atoms with E-state index in [-0.39, 0.29) is 6.61 Å². The van der Waals surface area contributed by atoms with Gasteiger partial charge in [0.1, 0.15) is 12.2 Å². The molecular weight excluding hydrogens is 376 g/mol. The van der Waals surface area contributed by atoms with Crippen molar-refractivity contribution in [3.63, 3.8) is 0 Å². The predicted molar refractivity (Wildman–Crippen MR) is 110 cm³/mol. The minimum absolute atomic E-state index is 0.0279. The van der Waals surface area contributed by atoms with Crippen LogP contribution >= 0.6 is 11.6 Å². The Morgan fingerprint density at radius 2 is 1.82 bits per heavy atom. The van der Waals surface area contributed by atoms with Crippen LogP contribution in [0.15, 0.2) is 82.0 Å². The lowest BCUT2D eigenvalue weighted by atomic mass is 10.0. The molecule has 0 aliphatic heterocycles. The highest BCUT2D eigenvalue weighted by Crippen LogP contribution is 2.27. The monoisotopic (exact) mass is 390 g/mol. The van der Waals surface area contributed by atoms with Gasteiger partial charge in [-0.15, -0.1) is 0 Å². The maximum Gasteiger partial charge on any atom is 0.336 e. The fraction of sp³-hybridized carbons (Fsp3) is 0.0435. The van der Waals surface area contributed by atoms with Crippen molar-refractivity contribution >= 4 is 45.4 Å². The average Bonchev–Trinajstić information content (AvgIpc) is 2.71. The third-order valence-electron chi connectivity index (χ3n) is 4.37. The van der Waals surface area contributed by atoms with Crippen molar-refractivity contribution in [2.45, 2.75) is 6.61 Å². The molecule has 0 saturated heterocycles. The van der Waals surface area contributed by atoms with E-state index in [1.165, 1.54) is 12.1 Å². The molecule has 0 saturated carbocycles. The van der Waals surface area contributed by atoms with Crippen LogP contribution in [-0.2, 0) is 16.1 Å². The van der Waals surface area contributed by atoms with Crippen LogP contribution in [0.5, 0.6) is 0 Å². The summed E-state index contributed by atoms with van der Waals surface area (Å²) in [4.78, 5) is 24.0. The van der Waals surface area contributed by atoms with Crippen molar-refractivity contribution in [2.75, 3.05) is 0 Å². The average molecular weight is 391 g/mol. The number of hydrogen-bond donors (Lipinski definition) is 0. The van der Waals surface area contributed by atoms with E-state index in [0.29, 0.717) is 16.2 Å². The summed E-state index contributed by atoms with van der Waals surface area (Å²) in [5.74, 6) is -0.503. The zero-order chi connectivity index (χ0) is 19.5. The smallest absolute Gasteiger partial charge is 0.336 e. The fourth-order valence-electron chi connectivity index (χ4n) is 3.07. The van der Waals surface area contributed by atoms with Crippen molar-refractivity contribution in [3.05, 3.63) is 99.4 Å². The van der Waals surface area contributed by atoms with E-state index in [1.54, 1.807) is 36.4 Å². The van der Waals surface area contributed by atoms with E-state index < -0.39 is 11.6 Å². The van der Waals surface area contributed by atoms with Gasteiger partial charge in [-0.2, -0.15) is 0 Å². The first-order valence-corrected chi connectivity index (χ1v) is 9.03. The molecule has 0 fully saturated rings. The molecule has 0 aliphatic carbocycles. The topological polar surface area (TPSA) is 56.5 Å². The van der Waals surface area contributed by atoms with Crippen LogP contribution in [0.25, 0.3) is 27.8 Å². The van der Waals surface area contributed by atoms with Gasteiger partial charge in [-0.3, -0.25) is 0 Å². The second kappa shape index (κ2) is 7.71. The lowest BCUT2D eigenvalue weighted by Gasteiger charge is -2.08. The standard InChI is InChI=1S/C23H15ClO4/c24-18-9-5-15(6-10-18)7-12-21(25)27-14-17-13-22(26)28-20-11-8-16-3-1-2-4-19(16)23(17)20/h1-13H,14H2/b12-7+. The maximum absolute atomic E-state index is 12.1. The maximum atomic E-state index is 12.1. The van der Waals surface area contributed by atoms with Crippen LogP contribution in [0.4, 0.5) is 0 Å². The summed E-state index contributed by atoms with van der Waals surface area (Å²) in [7, 11) is 0. The Balaban J connectivity index is 1.60. The molecule has 0 unspecified atom stereocenters. The van der Waals surface area contributed by atoms with E-state index in [2.05, 4.69) is 0 Å². The Bertz CT molecular complexity index is 1250. The van der Waals surface area contributed by atoms with Crippen molar-refractivity contribution in [3.8, 4) is 0 Å². The number of ether oxygens (including phenoxy) is 1. The van der Waals surface area contributed by atoms with Gasteiger partial charge in [-0.1, -0.05) is 54.1 Å². The largest absolute Gasteiger partial charge is 0.458 e. The molecule has 4 rings (SSSR count). The van der Waals surface area contributed by atoms with E-state index in [1.807, 2.05) is 30.3 Å². The Kier molecular flexibility index (Phi) is 4.96. The normalized spacial score (nSPS) is 11.3. The van der Waals surface area contributed by atoms with Gasteiger partial charge in [-0.25, -0.2) is 9.59 Å². The zero-order valence-electron chi connectivity index (χ0n) is 14.7. The van der Waals surface area contributed by atoms with Crippen molar-refractivity contribution in [1.82, 2.24) is 0 Å². The Morgan fingerprint density at radius 1 is 1.04 bits per heavy atom. The summed E-state index contributed by atoms with van der Waals surface area (Å²) in [5.41, 5.74) is 1.42. The van der Waals surface area contributed by atoms with Gasteiger partial charge in [0, 0.05) is 28.1 Å². The molecule has 0 radical (unpaired) electrons. The SMILES string of the molecule is O=C(/C=C/c1ccc(Cl)cc1)OCc1cc(=O)oc2ccc3ccccc3c12. The number of hydrogen-bond acceptors (Lipinski definition) is 4. The van der Waals surface area contributed by atoms with Gasteiger partial charge in [0.15, 0.2) is 0 Å². The van der Waals surface area contributed by atoms with Crippen molar-refractivity contribution in [2.24, 2.45) is 0 Å². The Labute approximate surface area is 165 Å². The lowest BCUT2D eigenvalue weighted by Crippen LogP contribution is -2.06. The van der Waals surface area contributed by atoms with Gasteiger partial charge in [0.05, 0.1) is 0 Å². The fourth-order valence-corrected chi connectivity index (χ4v) is 3.20. The molecule has 4 nitrogen and oxygen atoms in total. The minimum Gasteiger partial charge on any atom is -0.458 e. The quantitative estimate of drug-likeness (QED) is 0.204. The van der Waals surface area contributed by atoms with Gasteiger partial charge >= 0.3 is 11.6 Å². The number of carbonyl (C=O) groups is 1. The van der Waals surface area contributed by atoms with E-state index in [0.717, 1.165) is 21.7 Å². The summed E-state index contributed by atoms with van der Waals surface area (Å²) in [6.45, 7) is -0.0279. The number of esters is 1. The second-order valence-corrected chi connectivity index (χ2v) is 6.68. The molecule has 0 spiro atoms. The predicted octanol–water partition coefficient (Wildman–Crippen LogP) is 5.36. The first-order chi connectivity index (χ1) is 13.6. The van der Waals surface area contributed by atoms with Crippen LogP contribution in [-0.4, -0.2) is 5.97 Å². The van der Waals surface area contributed by atoms with Crippen LogP contribution in [0.2, 0.25) is 5.02 Å². The highest BCUT2D eigenvalue weighted by Gasteiger charge is 2.11. The minimum atomic E-state index is -0.503. The molecule has 0 bridgehead atoms. The van der Waals surface area contributed by atoms with Gasteiger partial charge in [0.25, 0.3) is 0 Å². The number of fused-ring (bicyclic) bond motifs is 3. The molecule has 5 heteroatoms. The van der Waals surface area contributed by atoms with Crippen LogP contribution in [0.3, 0.4) is 0 Å². The number of benzene rings is 3. The van der Waals surface area contributed by atoms with Crippen LogP contribution < -0.4 is 5.63 Å². The number of rotatable bonds is 4. The Hall–Kier alpha value is -3.37. The highest BCUT2D eigenvalue weighted by atomic mass is 35.5. The molecule has 1 heterocycles. The molecule has 0 N–H and O–H groups in total. The summed E-state index contributed by atoms with van der Waals surface area (Å²) >= 11 is 5.84. The molecule has 0 atom stereocenters. The van der Waals surface area contributed by atoms with Gasteiger partial charge in [-0.05, 0) is 40.6 Å². The number of carbonyl (C=O) groups excluding carboxylic acids is 1. The third-order valence-corrected chi connectivity index (χ3v) is 4.62. The molecule has 0 aliphatic rings. The molecule has 1 aromatic heterocycles. The molecule has 138 valence electrons. The van der Waals surface area contributed by atoms with E-state index >= 15 is 0 Å². The molecule has 28 heavy (non-hydrogen) atoms. The second-order valence-electron chi connectivity index (χ2n) is 6.24. The molecule has 3 aromatic carbocycles. The van der Waals surface area contributed by atoms with Gasteiger partial charge in [0.2, 0.25) is 0 Å². The summed E-state index contributed by atoms with van der Waals surface area (Å²) in [6.07, 6.45) is 2.99. The lowest BCUT2D eigenvalue weighted by molar-refractivity contribution is -0.138. The van der Waals surface area contributed by atoms with E-state index in [4.69, 9.17) is 20.8 Å². The van der Waals surface area contributed by atoms with Crippen molar-refractivity contribution < 1.29 is 13.9 Å². The zero-order valence-corrected chi connectivity index (χ0v) is 15.5. The number of halogens is 1. The first kappa shape index (κ1) is 18.0. The third kappa shape index (κ3) is 3.82. The molecule has 4 aromatic rings. The molecule has 0 amide bonds. The van der Waals surface area contributed by atoms with Gasteiger partial charge < -0.3 is 9.15 Å². The highest BCUT2D eigenvalue weighted by molar-refractivity contribution is 6.30. The molecular formula is C23H15ClO4.